The van der Waals surface area contributed by atoms with Gasteiger partial charge in [0.15, 0.2) is 0 Å². The molecule has 0 bridgehead atoms. The monoisotopic (exact) mass is 247 g/mol. The lowest BCUT2D eigenvalue weighted by Crippen LogP contribution is -2.16. The number of nitrogens with zero attached hydrogens (tertiary/aromatic N) is 2. The molecule has 0 amide bonds. The average molecular weight is 247 g/mol. The normalized spacial score (nSPS) is 11.3. The number of aromatic nitrogens is 2. The molecule has 0 saturated carbocycles. The Bertz CT molecular complexity index is 305. The third-order valence-electron chi connectivity index (χ3n) is 2.19. The number of halogens is 2. The van der Waals surface area contributed by atoms with Gasteiger partial charge in [0.05, 0.1) is 6.20 Å². The van der Waals surface area contributed by atoms with Crippen molar-refractivity contribution >= 4 is 0 Å². The fraction of sp³-hybridized carbons (Fsp3) is 0.727. The molecule has 1 N–H and O–H groups in total. The van der Waals surface area contributed by atoms with Gasteiger partial charge in [-0.05, 0) is 19.9 Å². The van der Waals surface area contributed by atoms with Gasteiger partial charge in [-0.3, -0.25) is 4.68 Å². The molecule has 1 aromatic heterocycles. The van der Waals surface area contributed by atoms with Crippen LogP contribution in [0.1, 0.15) is 18.9 Å². The molecule has 0 radical (unpaired) electrons. The molecule has 0 aliphatic carbocycles. The van der Waals surface area contributed by atoms with E-state index in [0.717, 1.165) is 31.7 Å². The van der Waals surface area contributed by atoms with Gasteiger partial charge in [-0.15, -0.1) is 0 Å². The summed E-state index contributed by atoms with van der Waals surface area (Å²) >= 11 is 0. The van der Waals surface area contributed by atoms with Crippen LogP contribution in [-0.2, 0) is 17.8 Å². The molecular weight excluding hydrogens is 228 g/mol. The molecule has 0 saturated heterocycles. The average Bonchev–Trinajstić information content (AvgIpc) is 2.70. The van der Waals surface area contributed by atoms with Crippen LogP contribution in [0.25, 0.3) is 0 Å². The summed E-state index contributed by atoms with van der Waals surface area (Å²) in [6.45, 7) is 4.60. The van der Waals surface area contributed by atoms with E-state index in [-0.39, 0.29) is 6.54 Å². The van der Waals surface area contributed by atoms with Crippen molar-refractivity contribution in [2.24, 2.45) is 0 Å². The second kappa shape index (κ2) is 8.14. The summed E-state index contributed by atoms with van der Waals surface area (Å²) in [6, 6.07) is 0. The molecule has 0 unspecified atom stereocenters. The third kappa shape index (κ3) is 6.33. The van der Waals surface area contributed by atoms with Crippen LogP contribution in [0.2, 0.25) is 0 Å². The molecule has 1 rings (SSSR count). The van der Waals surface area contributed by atoms with Crippen LogP contribution in [0.5, 0.6) is 0 Å². The highest BCUT2D eigenvalue weighted by Gasteiger charge is 2.05. The molecule has 0 aromatic carbocycles. The minimum absolute atomic E-state index is 0.343. The van der Waals surface area contributed by atoms with Crippen molar-refractivity contribution in [1.29, 1.82) is 0 Å². The Morgan fingerprint density at radius 2 is 2.35 bits per heavy atom. The Balaban J connectivity index is 2.12. The molecular formula is C11H19F2N3O. The lowest BCUT2D eigenvalue weighted by molar-refractivity contribution is 0.122. The van der Waals surface area contributed by atoms with Gasteiger partial charge in [-0.1, -0.05) is 0 Å². The molecule has 0 aliphatic heterocycles. The smallest absolute Gasteiger partial charge is 0.257 e. The number of ether oxygens (including phenoxy) is 1. The van der Waals surface area contributed by atoms with Crippen molar-refractivity contribution in [3.63, 3.8) is 0 Å². The molecule has 0 atom stereocenters. The molecule has 0 spiro atoms. The van der Waals surface area contributed by atoms with Gasteiger partial charge in [0.1, 0.15) is 6.54 Å². The maximum Gasteiger partial charge on any atom is 0.257 e. The van der Waals surface area contributed by atoms with Crippen molar-refractivity contribution in [1.82, 2.24) is 15.1 Å². The molecule has 1 aromatic rings. The van der Waals surface area contributed by atoms with Crippen molar-refractivity contribution in [3.8, 4) is 0 Å². The van der Waals surface area contributed by atoms with Crippen molar-refractivity contribution in [3.05, 3.63) is 18.0 Å². The lowest BCUT2D eigenvalue weighted by Gasteiger charge is -2.03. The van der Waals surface area contributed by atoms with E-state index >= 15 is 0 Å². The van der Waals surface area contributed by atoms with Crippen LogP contribution in [-0.4, -0.2) is 36.0 Å². The number of nitrogens with one attached hydrogen (secondary N) is 1. The highest BCUT2D eigenvalue weighted by molar-refractivity contribution is 5.03. The SMILES string of the molecule is CCOCCCNCc1cnn(CC(F)F)c1. The topological polar surface area (TPSA) is 39.1 Å². The number of hydrogen-bond acceptors (Lipinski definition) is 3. The Hall–Kier alpha value is -1.01. The fourth-order valence-electron chi connectivity index (χ4n) is 1.42. The molecule has 4 nitrogen and oxygen atoms in total. The highest BCUT2D eigenvalue weighted by atomic mass is 19.3. The van der Waals surface area contributed by atoms with Crippen LogP contribution in [0.4, 0.5) is 8.78 Å². The quantitative estimate of drug-likeness (QED) is 0.675. The lowest BCUT2D eigenvalue weighted by atomic mass is 10.3. The molecule has 0 aliphatic rings. The standard InChI is InChI=1S/C11H19F2N3O/c1-2-17-5-3-4-14-6-10-7-15-16(8-10)9-11(12)13/h7-8,11,14H,2-6,9H2,1H3. The van der Waals surface area contributed by atoms with Gasteiger partial charge in [-0.25, -0.2) is 8.78 Å². The minimum Gasteiger partial charge on any atom is -0.382 e. The second-order valence-corrected chi connectivity index (χ2v) is 3.69. The number of alkyl halides is 2. The Labute approximate surface area is 100.0 Å². The van der Waals surface area contributed by atoms with Crippen LogP contribution in [0.15, 0.2) is 12.4 Å². The maximum atomic E-state index is 12.1. The first-order chi connectivity index (χ1) is 8.22. The predicted octanol–water partition coefficient (Wildman–Crippen LogP) is 1.66. The van der Waals surface area contributed by atoms with Gasteiger partial charge >= 0.3 is 0 Å². The summed E-state index contributed by atoms with van der Waals surface area (Å²) in [5.41, 5.74) is 0.919. The van der Waals surface area contributed by atoms with E-state index in [0.29, 0.717) is 6.54 Å². The Morgan fingerprint density at radius 1 is 1.53 bits per heavy atom. The van der Waals surface area contributed by atoms with Crippen LogP contribution >= 0.6 is 0 Å². The van der Waals surface area contributed by atoms with Crippen LogP contribution in [0, 0.1) is 0 Å². The third-order valence-corrected chi connectivity index (χ3v) is 2.19. The summed E-state index contributed by atoms with van der Waals surface area (Å²) in [5.74, 6) is 0. The molecule has 1 heterocycles. The summed E-state index contributed by atoms with van der Waals surface area (Å²) in [4.78, 5) is 0. The van der Waals surface area contributed by atoms with Gasteiger partial charge in [0.2, 0.25) is 0 Å². The zero-order valence-electron chi connectivity index (χ0n) is 10.0. The first-order valence-corrected chi connectivity index (χ1v) is 5.80. The van der Waals surface area contributed by atoms with E-state index in [4.69, 9.17) is 4.74 Å². The van der Waals surface area contributed by atoms with E-state index in [2.05, 4.69) is 10.4 Å². The van der Waals surface area contributed by atoms with Gasteiger partial charge in [0.25, 0.3) is 6.43 Å². The van der Waals surface area contributed by atoms with E-state index in [1.807, 2.05) is 6.92 Å². The zero-order valence-corrected chi connectivity index (χ0v) is 10.0. The summed E-state index contributed by atoms with van der Waals surface area (Å²) in [7, 11) is 0. The fourth-order valence-corrected chi connectivity index (χ4v) is 1.42. The molecule has 17 heavy (non-hydrogen) atoms. The van der Waals surface area contributed by atoms with Crippen molar-refractivity contribution in [2.75, 3.05) is 19.8 Å². The Morgan fingerprint density at radius 3 is 3.06 bits per heavy atom. The van der Waals surface area contributed by atoms with Gasteiger partial charge < -0.3 is 10.1 Å². The van der Waals surface area contributed by atoms with Gasteiger partial charge in [0, 0.05) is 31.5 Å². The van der Waals surface area contributed by atoms with E-state index < -0.39 is 6.43 Å². The van der Waals surface area contributed by atoms with Crippen LogP contribution < -0.4 is 5.32 Å². The largest absolute Gasteiger partial charge is 0.382 e. The second-order valence-electron chi connectivity index (χ2n) is 3.69. The Kier molecular flexibility index (Phi) is 6.73. The first kappa shape index (κ1) is 14.1. The maximum absolute atomic E-state index is 12.1. The minimum atomic E-state index is -2.36. The summed E-state index contributed by atoms with van der Waals surface area (Å²) in [6.07, 6.45) is 1.83. The number of hydrogen-bond donors (Lipinski definition) is 1. The van der Waals surface area contributed by atoms with E-state index in [1.165, 1.54) is 4.68 Å². The van der Waals surface area contributed by atoms with Gasteiger partial charge in [-0.2, -0.15) is 5.10 Å². The van der Waals surface area contributed by atoms with E-state index in [9.17, 15) is 8.78 Å². The molecule has 6 heteroatoms. The van der Waals surface area contributed by atoms with Crippen LogP contribution in [0.3, 0.4) is 0 Å². The summed E-state index contributed by atoms with van der Waals surface area (Å²) in [5, 5.41) is 7.06. The van der Waals surface area contributed by atoms with E-state index in [1.54, 1.807) is 12.4 Å². The van der Waals surface area contributed by atoms with Crippen molar-refractivity contribution < 1.29 is 13.5 Å². The summed E-state index contributed by atoms with van der Waals surface area (Å²) < 4.78 is 30.6. The first-order valence-electron chi connectivity index (χ1n) is 5.80. The number of rotatable bonds is 9. The highest BCUT2D eigenvalue weighted by Crippen LogP contribution is 2.01. The molecule has 0 fully saturated rings. The predicted molar refractivity (Wildman–Crippen MR) is 61.0 cm³/mol. The molecule has 98 valence electrons. The zero-order chi connectivity index (χ0) is 12.5. The van der Waals surface area contributed by atoms with Crippen molar-refractivity contribution in [2.45, 2.75) is 32.9 Å².